The van der Waals surface area contributed by atoms with Gasteiger partial charge in [-0.1, -0.05) is 36.4 Å². The highest BCUT2D eigenvalue weighted by molar-refractivity contribution is 5.87. The number of aromatic nitrogens is 1. The fourth-order valence-electron chi connectivity index (χ4n) is 4.35. The van der Waals surface area contributed by atoms with Crippen LogP contribution in [0.2, 0.25) is 0 Å². The maximum absolute atomic E-state index is 12.7. The first-order valence-corrected chi connectivity index (χ1v) is 9.20. The summed E-state index contributed by atoms with van der Waals surface area (Å²) in [6, 6.07) is 15.9. The monoisotopic (exact) mass is 349 g/mol. The summed E-state index contributed by atoms with van der Waals surface area (Å²) in [6.45, 7) is 1.94. The van der Waals surface area contributed by atoms with Crippen LogP contribution >= 0.6 is 0 Å². The molecule has 0 radical (unpaired) electrons. The second kappa shape index (κ2) is 6.90. The van der Waals surface area contributed by atoms with Crippen LogP contribution < -0.4 is 5.32 Å². The number of amides is 2. The minimum atomic E-state index is -0.386. The molecule has 1 atom stereocenters. The molecule has 2 amide bonds. The van der Waals surface area contributed by atoms with Crippen LogP contribution in [0.25, 0.3) is 0 Å². The summed E-state index contributed by atoms with van der Waals surface area (Å²) >= 11 is 0. The lowest BCUT2D eigenvalue weighted by molar-refractivity contribution is -0.138. The Kier molecular flexibility index (Phi) is 4.45. The number of nitrogens with zero attached hydrogens (tertiary/aromatic N) is 2. The van der Waals surface area contributed by atoms with Crippen molar-refractivity contribution in [2.75, 3.05) is 19.6 Å². The van der Waals surface area contributed by atoms with Crippen molar-refractivity contribution in [3.05, 3.63) is 66.0 Å². The van der Waals surface area contributed by atoms with Crippen LogP contribution in [0.1, 0.15) is 30.0 Å². The summed E-state index contributed by atoms with van der Waals surface area (Å²) in [5.41, 5.74) is 1.61. The molecule has 2 saturated heterocycles. The van der Waals surface area contributed by atoms with Crippen molar-refractivity contribution in [2.24, 2.45) is 5.41 Å². The average molecular weight is 349 g/mol. The normalized spacial score (nSPS) is 21.6. The molecule has 26 heavy (non-hydrogen) atoms. The molecule has 2 fully saturated rings. The zero-order valence-electron chi connectivity index (χ0n) is 14.7. The third-order valence-electron chi connectivity index (χ3n) is 5.85. The highest BCUT2D eigenvalue weighted by atomic mass is 16.2. The van der Waals surface area contributed by atoms with E-state index in [4.69, 9.17) is 0 Å². The number of likely N-dealkylation sites (tertiary alicyclic amines) is 1. The highest BCUT2D eigenvalue weighted by Crippen LogP contribution is 2.47. The lowest BCUT2D eigenvalue weighted by Crippen LogP contribution is -2.48. The zero-order chi connectivity index (χ0) is 18.0. The lowest BCUT2D eigenvalue weighted by Gasteiger charge is -2.41. The fraction of sp³-hybridized carbons (Fsp3) is 0.381. The SMILES string of the molecule is O=C(Cc1ccccn1)N1CCC2(CC1)C(=O)NC[C@@H]2c1ccccc1. The van der Waals surface area contributed by atoms with Gasteiger partial charge in [0, 0.05) is 37.4 Å². The number of pyridine rings is 1. The second-order valence-electron chi connectivity index (χ2n) is 7.21. The molecule has 5 heteroatoms. The Morgan fingerprint density at radius 3 is 2.54 bits per heavy atom. The average Bonchev–Trinajstić information content (AvgIpc) is 3.00. The van der Waals surface area contributed by atoms with Gasteiger partial charge in [-0.05, 0) is 30.5 Å². The van der Waals surface area contributed by atoms with Crippen LogP contribution in [0.5, 0.6) is 0 Å². The van der Waals surface area contributed by atoms with E-state index in [-0.39, 0.29) is 23.1 Å². The number of carbonyl (C=O) groups excluding carboxylic acids is 2. The van der Waals surface area contributed by atoms with Gasteiger partial charge in [-0.15, -0.1) is 0 Å². The minimum absolute atomic E-state index is 0.0909. The summed E-state index contributed by atoms with van der Waals surface area (Å²) in [5.74, 6) is 0.417. The highest BCUT2D eigenvalue weighted by Gasteiger charge is 2.52. The quantitative estimate of drug-likeness (QED) is 0.923. The molecule has 1 spiro atoms. The Labute approximate surface area is 153 Å². The van der Waals surface area contributed by atoms with Crippen molar-refractivity contribution in [2.45, 2.75) is 25.2 Å². The van der Waals surface area contributed by atoms with Gasteiger partial charge in [-0.2, -0.15) is 0 Å². The van der Waals surface area contributed by atoms with Crippen molar-refractivity contribution < 1.29 is 9.59 Å². The number of hydrogen-bond acceptors (Lipinski definition) is 3. The van der Waals surface area contributed by atoms with Crippen LogP contribution in [0, 0.1) is 5.41 Å². The Hall–Kier alpha value is -2.69. The Bertz CT molecular complexity index is 783. The van der Waals surface area contributed by atoms with Crippen LogP contribution in [0.3, 0.4) is 0 Å². The first-order chi connectivity index (χ1) is 12.7. The molecule has 5 nitrogen and oxygen atoms in total. The molecule has 134 valence electrons. The lowest BCUT2D eigenvalue weighted by atomic mass is 9.68. The summed E-state index contributed by atoms with van der Waals surface area (Å²) < 4.78 is 0. The first-order valence-electron chi connectivity index (χ1n) is 9.20. The van der Waals surface area contributed by atoms with E-state index in [0.717, 1.165) is 5.69 Å². The molecular formula is C21H23N3O2. The van der Waals surface area contributed by atoms with Crippen molar-refractivity contribution in [3.8, 4) is 0 Å². The zero-order valence-corrected chi connectivity index (χ0v) is 14.7. The van der Waals surface area contributed by atoms with Gasteiger partial charge in [-0.25, -0.2) is 0 Å². The predicted octanol–water partition coefficient (Wildman–Crippen LogP) is 2.15. The van der Waals surface area contributed by atoms with Gasteiger partial charge < -0.3 is 10.2 Å². The number of benzene rings is 1. The van der Waals surface area contributed by atoms with E-state index in [2.05, 4.69) is 22.4 Å². The number of nitrogens with one attached hydrogen (secondary N) is 1. The van der Waals surface area contributed by atoms with Gasteiger partial charge in [0.25, 0.3) is 0 Å². The van der Waals surface area contributed by atoms with Crippen molar-refractivity contribution >= 4 is 11.8 Å². The summed E-state index contributed by atoms with van der Waals surface area (Å²) in [6.07, 6.45) is 3.46. The van der Waals surface area contributed by atoms with Crippen LogP contribution in [-0.2, 0) is 16.0 Å². The van der Waals surface area contributed by atoms with E-state index in [1.54, 1.807) is 6.20 Å². The third-order valence-corrected chi connectivity index (χ3v) is 5.85. The fourth-order valence-corrected chi connectivity index (χ4v) is 4.35. The minimum Gasteiger partial charge on any atom is -0.355 e. The van der Waals surface area contributed by atoms with E-state index in [1.807, 2.05) is 41.3 Å². The van der Waals surface area contributed by atoms with Crippen molar-refractivity contribution in [1.29, 1.82) is 0 Å². The molecule has 0 saturated carbocycles. The molecule has 1 aromatic heterocycles. The predicted molar refractivity (Wildman–Crippen MR) is 98.4 cm³/mol. The van der Waals surface area contributed by atoms with Crippen molar-refractivity contribution in [1.82, 2.24) is 15.2 Å². The van der Waals surface area contributed by atoms with Crippen LogP contribution in [0.4, 0.5) is 0 Å². The molecule has 0 bridgehead atoms. The van der Waals surface area contributed by atoms with Gasteiger partial charge in [0.2, 0.25) is 11.8 Å². The third kappa shape index (κ3) is 2.98. The molecule has 1 N–H and O–H groups in total. The van der Waals surface area contributed by atoms with E-state index in [1.165, 1.54) is 5.56 Å². The number of hydrogen-bond donors (Lipinski definition) is 1. The van der Waals surface area contributed by atoms with E-state index in [0.29, 0.717) is 38.9 Å². The molecule has 2 aliphatic rings. The van der Waals surface area contributed by atoms with Gasteiger partial charge in [0.15, 0.2) is 0 Å². The molecule has 2 aromatic rings. The van der Waals surface area contributed by atoms with Crippen LogP contribution in [-0.4, -0.2) is 41.3 Å². The number of carbonyl (C=O) groups is 2. The standard InChI is InChI=1S/C21H23N3O2/c25-19(14-17-8-4-5-11-22-17)24-12-9-21(10-13-24)18(15-23-20(21)26)16-6-2-1-3-7-16/h1-8,11,18H,9-10,12-15H2,(H,23,26)/t18-/m1/s1. The molecule has 0 unspecified atom stereocenters. The molecule has 2 aliphatic heterocycles. The summed E-state index contributed by atoms with van der Waals surface area (Å²) in [4.78, 5) is 31.4. The second-order valence-corrected chi connectivity index (χ2v) is 7.21. The largest absolute Gasteiger partial charge is 0.355 e. The van der Waals surface area contributed by atoms with E-state index in [9.17, 15) is 9.59 Å². The Balaban J connectivity index is 1.46. The van der Waals surface area contributed by atoms with Gasteiger partial charge >= 0.3 is 0 Å². The molecule has 4 rings (SSSR count). The Morgan fingerprint density at radius 2 is 1.85 bits per heavy atom. The van der Waals surface area contributed by atoms with Crippen LogP contribution in [0.15, 0.2) is 54.7 Å². The number of piperidine rings is 1. The van der Waals surface area contributed by atoms with Crippen molar-refractivity contribution in [3.63, 3.8) is 0 Å². The van der Waals surface area contributed by atoms with Gasteiger partial charge in [0.1, 0.15) is 0 Å². The van der Waals surface area contributed by atoms with Gasteiger partial charge in [0.05, 0.1) is 11.8 Å². The number of rotatable bonds is 3. The molecule has 0 aliphatic carbocycles. The molecule has 3 heterocycles. The first kappa shape index (κ1) is 16.8. The van der Waals surface area contributed by atoms with E-state index < -0.39 is 0 Å². The topological polar surface area (TPSA) is 62.3 Å². The van der Waals surface area contributed by atoms with Gasteiger partial charge in [-0.3, -0.25) is 14.6 Å². The maximum atomic E-state index is 12.7. The van der Waals surface area contributed by atoms with E-state index >= 15 is 0 Å². The molecule has 1 aromatic carbocycles. The maximum Gasteiger partial charge on any atom is 0.228 e. The summed E-state index contributed by atoms with van der Waals surface area (Å²) in [5, 5.41) is 3.06. The molecular weight excluding hydrogens is 326 g/mol. The Morgan fingerprint density at radius 1 is 1.12 bits per heavy atom. The summed E-state index contributed by atoms with van der Waals surface area (Å²) in [7, 11) is 0. The smallest absolute Gasteiger partial charge is 0.228 e.